The van der Waals surface area contributed by atoms with E-state index in [-0.39, 0.29) is 5.92 Å². The van der Waals surface area contributed by atoms with E-state index in [9.17, 15) is 14.7 Å². The first-order valence-corrected chi connectivity index (χ1v) is 7.43. The molecule has 6 nitrogen and oxygen atoms in total. The van der Waals surface area contributed by atoms with E-state index >= 15 is 0 Å². The van der Waals surface area contributed by atoms with E-state index < -0.39 is 17.9 Å². The Kier molecular flexibility index (Phi) is 4.80. The van der Waals surface area contributed by atoms with E-state index in [0.717, 1.165) is 0 Å². The van der Waals surface area contributed by atoms with E-state index in [1.807, 2.05) is 39.0 Å². The standard InChI is InChI=1S/C16H21N3O3/c1-4-11-14(19-8-6-5-7-13(19)17-11)15(20)18-12(16(21)22)9-10(2)3/h5-8,10,12H,4,9H2,1-3H3,(H,18,20)(H,21,22). The molecule has 1 unspecified atom stereocenters. The maximum Gasteiger partial charge on any atom is 0.326 e. The average molecular weight is 303 g/mol. The van der Waals surface area contributed by atoms with Crippen LogP contribution in [0.2, 0.25) is 0 Å². The van der Waals surface area contributed by atoms with Gasteiger partial charge >= 0.3 is 5.97 Å². The Morgan fingerprint density at radius 2 is 2.09 bits per heavy atom. The van der Waals surface area contributed by atoms with Crippen molar-refractivity contribution in [2.45, 2.75) is 39.7 Å². The molecule has 0 saturated carbocycles. The molecule has 1 amide bonds. The molecule has 0 aliphatic rings. The minimum absolute atomic E-state index is 0.175. The van der Waals surface area contributed by atoms with Gasteiger partial charge in [0.25, 0.3) is 5.91 Å². The van der Waals surface area contributed by atoms with Gasteiger partial charge in [0.15, 0.2) is 0 Å². The summed E-state index contributed by atoms with van der Waals surface area (Å²) in [7, 11) is 0. The lowest BCUT2D eigenvalue weighted by Crippen LogP contribution is -2.42. The number of aromatic nitrogens is 2. The van der Waals surface area contributed by atoms with Gasteiger partial charge in [-0.15, -0.1) is 0 Å². The molecule has 1 atom stereocenters. The molecule has 2 N–H and O–H groups in total. The van der Waals surface area contributed by atoms with E-state index in [2.05, 4.69) is 10.3 Å². The number of nitrogens with one attached hydrogen (secondary N) is 1. The van der Waals surface area contributed by atoms with Crippen LogP contribution in [-0.2, 0) is 11.2 Å². The molecule has 6 heteroatoms. The van der Waals surface area contributed by atoms with Crippen LogP contribution in [0.25, 0.3) is 5.65 Å². The lowest BCUT2D eigenvalue weighted by Gasteiger charge is -2.16. The molecule has 0 saturated heterocycles. The maximum atomic E-state index is 12.6. The zero-order valence-corrected chi connectivity index (χ0v) is 13.0. The fourth-order valence-corrected chi connectivity index (χ4v) is 2.45. The predicted octanol–water partition coefficient (Wildman–Crippen LogP) is 2.13. The molecule has 2 aromatic rings. The van der Waals surface area contributed by atoms with Crippen molar-refractivity contribution in [3.05, 3.63) is 35.8 Å². The molecule has 0 fully saturated rings. The molecule has 118 valence electrons. The van der Waals surface area contributed by atoms with Gasteiger partial charge in [-0.25, -0.2) is 9.78 Å². The first-order chi connectivity index (χ1) is 10.4. The van der Waals surface area contributed by atoms with Gasteiger partial charge in [0, 0.05) is 6.20 Å². The number of hydrogen-bond acceptors (Lipinski definition) is 3. The first kappa shape index (κ1) is 16.0. The van der Waals surface area contributed by atoms with Crippen molar-refractivity contribution < 1.29 is 14.7 Å². The monoisotopic (exact) mass is 303 g/mol. The summed E-state index contributed by atoms with van der Waals surface area (Å²) in [5, 5.41) is 11.9. The van der Waals surface area contributed by atoms with Crippen molar-refractivity contribution in [3.8, 4) is 0 Å². The largest absolute Gasteiger partial charge is 0.480 e. The van der Waals surface area contributed by atoms with Crippen molar-refractivity contribution in [1.82, 2.24) is 14.7 Å². The Labute approximate surface area is 129 Å². The highest BCUT2D eigenvalue weighted by molar-refractivity contribution is 5.97. The highest BCUT2D eigenvalue weighted by atomic mass is 16.4. The van der Waals surface area contributed by atoms with Crippen LogP contribution < -0.4 is 5.32 Å². The van der Waals surface area contributed by atoms with Crippen LogP contribution in [0.3, 0.4) is 0 Å². The van der Waals surface area contributed by atoms with Gasteiger partial charge in [-0.05, 0) is 30.9 Å². The number of hydrogen-bond donors (Lipinski definition) is 2. The van der Waals surface area contributed by atoms with E-state index in [4.69, 9.17) is 0 Å². The highest BCUT2D eigenvalue weighted by Crippen LogP contribution is 2.14. The van der Waals surface area contributed by atoms with Crippen molar-refractivity contribution in [1.29, 1.82) is 0 Å². The molecular formula is C16H21N3O3. The summed E-state index contributed by atoms with van der Waals surface area (Å²) in [6.07, 6.45) is 2.75. The third-order valence-electron chi connectivity index (χ3n) is 3.46. The second kappa shape index (κ2) is 6.60. The fourth-order valence-electron chi connectivity index (χ4n) is 2.45. The van der Waals surface area contributed by atoms with E-state index in [0.29, 0.717) is 29.9 Å². The van der Waals surface area contributed by atoms with Gasteiger partial charge in [-0.3, -0.25) is 9.20 Å². The summed E-state index contributed by atoms with van der Waals surface area (Å²) in [5.41, 5.74) is 1.76. The number of fused-ring (bicyclic) bond motifs is 1. The third-order valence-corrected chi connectivity index (χ3v) is 3.46. The second-order valence-electron chi connectivity index (χ2n) is 5.68. The van der Waals surface area contributed by atoms with Gasteiger partial charge in [-0.2, -0.15) is 0 Å². The number of carbonyl (C=O) groups excluding carboxylic acids is 1. The number of nitrogens with zero attached hydrogens (tertiary/aromatic N) is 2. The summed E-state index contributed by atoms with van der Waals surface area (Å²) in [5.74, 6) is -1.24. The Hall–Kier alpha value is -2.37. The third kappa shape index (κ3) is 3.27. The van der Waals surface area contributed by atoms with Crippen LogP contribution in [0.15, 0.2) is 24.4 Å². The molecule has 0 spiro atoms. The lowest BCUT2D eigenvalue weighted by atomic mass is 10.0. The van der Waals surface area contributed by atoms with E-state index in [1.165, 1.54) is 0 Å². The van der Waals surface area contributed by atoms with Crippen LogP contribution in [0.1, 0.15) is 43.4 Å². The summed E-state index contributed by atoms with van der Waals surface area (Å²) in [4.78, 5) is 28.3. The minimum Gasteiger partial charge on any atom is -0.480 e. The normalized spacial score (nSPS) is 12.5. The molecule has 2 rings (SSSR count). The molecule has 0 aromatic carbocycles. The zero-order chi connectivity index (χ0) is 16.3. The highest BCUT2D eigenvalue weighted by Gasteiger charge is 2.25. The molecule has 0 bridgehead atoms. The van der Waals surface area contributed by atoms with Crippen LogP contribution in [-0.4, -0.2) is 32.4 Å². The maximum absolute atomic E-state index is 12.6. The smallest absolute Gasteiger partial charge is 0.326 e. The van der Waals surface area contributed by atoms with E-state index in [1.54, 1.807) is 10.6 Å². The average Bonchev–Trinajstić information content (AvgIpc) is 2.84. The summed E-state index contributed by atoms with van der Waals surface area (Å²) in [6.45, 7) is 5.77. The Morgan fingerprint density at radius 1 is 1.36 bits per heavy atom. The number of carbonyl (C=O) groups is 2. The number of amides is 1. The van der Waals surface area contributed by atoms with Crippen molar-refractivity contribution in [2.75, 3.05) is 0 Å². The summed E-state index contributed by atoms with van der Waals surface area (Å²) >= 11 is 0. The van der Waals surface area contributed by atoms with Gasteiger partial charge in [-0.1, -0.05) is 26.8 Å². The number of rotatable bonds is 6. The molecule has 22 heavy (non-hydrogen) atoms. The van der Waals surface area contributed by atoms with Crippen LogP contribution in [0, 0.1) is 5.92 Å². The number of imidazole rings is 1. The first-order valence-electron chi connectivity index (χ1n) is 7.43. The number of aliphatic carboxylic acids is 1. The van der Waals surface area contributed by atoms with Gasteiger partial charge in [0.2, 0.25) is 0 Å². The molecular weight excluding hydrogens is 282 g/mol. The summed E-state index contributed by atoms with van der Waals surface area (Å²) < 4.78 is 1.70. The number of carboxylic acid groups (broad SMARTS) is 1. The number of pyridine rings is 1. The van der Waals surface area contributed by atoms with Gasteiger partial charge in [0.1, 0.15) is 17.4 Å². The molecule has 2 heterocycles. The van der Waals surface area contributed by atoms with Crippen LogP contribution in [0.5, 0.6) is 0 Å². The van der Waals surface area contributed by atoms with Gasteiger partial charge in [0.05, 0.1) is 5.69 Å². The van der Waals surface area contributed by atoms with Crippen molar-refractivity contribution >= 4 is 17.5 Å². The topological polar surface area (TPSA) is 83.7 Å². The molecule has 2 aromatic heterocycles. The quantitative estimate of drug-likeness (QED) is 0.856. The Balaban J connectivity index is 2.34. The molecule has 0 radical (unpaired) electrons. The minimum atomic E-state index is -1.02. The molecule has 0 aliphatic carbocycles. The fraction of sp³-hybridized carbons (Fsp3) is 0.438. The van der Waals surface area contributed by atoms with Crippen molar-refractivity contribution in [3.63, 3.8) is 0 Å². The molecule has 0 aliphatic heterocycles. The predicted molar refractivity (Wildman–Crippen MR) is 82.9 cm³/mol. The Bertz CT molecular complexity index is 691. The second-order valence-corrected chi connectivity index (χ2v) is 5.68. The lowest BCUT2D eigenvalue weighted by molar-refractivity contribution is -0.139. The van der Waals surface area contributed by atoms with Crippen LogP contribution >= 0.6 is 0 Å². The number of carboxylic acids is 1. The van der Waals surface area contributed by atoms with Gasteiger partial charge < -0.3 is 10.4 Å². The summed E-state index contributed by atoms with van der Waals surface area (Å²) in [6, 6.07) is 4.58. The zero-order valence-electron chi connectivity index (χ0n) is 13.0. The number of aryl methyl sites for hydroxylation is 1. The van der Waals surface area contributed by atoms with Crippen molar-refractivity contribution in [2.24, 2.45) is 5.92 Å². The Morgan fingerprint density at radius 3 is 2.68 bits per heavy atom. The SMILES string of the molecule is CCc1nc2ccccn2c1C(=O)NC(CC(C)C)C(=O)O. The van der Waals surface area contributed by atoms with Crippen LogP contribution in [0.4, 0.5) is 0 Å².